The number of hydrogen-bond acceptors (Lipinski definition) is 4. The van der Waals surface area contributed by atoms with Crippen LogP contribution < -0.4 is 0 Å². The van der Waals surface area contributed by atoms with Gasteiger partial charge in [-0.3, -0.25) is 0 Å². The predicted molar refractivity (Wildman–Crippen MR) is 237 cm³/mol. The standard InChI is InChI=1S/C51H30ClN5O/c52-51-54-49(33-21-19-32(20-22-33)31-11-3-1-4-12-31)53-50(55-51)34-23-25-39-42-30-36(24-28-45(42)58-46(39)29-34)57-44-18-10-8-16-38(44)41-27-26-40-37-15-7-9-17-43(37)56(47(40)48(41)57)35-13-5-2-6-14-35/h1-30H. The van der Waals surface area contributed by atoms with Crippen LogP contribution in [0.3, 0.4) is 0 Å². The maximum atomic E-state index is 6.53. The molecule has 4 aromatic heterocycles. The first-order chi connectivity index (χ1) is 28.7. The summed E-state index contributed by atoms with van der Waals surface area (Å²) in [6, 6.07) is 63.6. The molecule has 0 radical (unpaired) electrons. The largest absolute Gasteiger partial charge is 0.456 e. The minimum atomic E-state index is 0.132. The van der Waals surface area contributed by atoms with Gasteiger partial charge in [0.25, 0.3) is 0 Å². The number of fused-ring (bicyclic) bond motifs is 10. The first-order valence-electron chi connectivity index (χ1n) is 19.2. The van der Waals surface area contributed by atoms with Gasteiger partial charge in [0.15, 0.2) is 11.6 Å². The average molecular weight is 764 g/mol. The van der Waals surface area contributed by atoms with Crippen molar-refractivity contribution < 1.29 is 4.42 Å². The molecule has 7 heteroatoms. The molecule has 0 aliphatic rings. The maximum Gasteiger partial charge on any atom is 0.226 e. The van der Waals surface area contributed by atoms with Gasteiger partial charge in [0.1, 0.15) is 11.2 Å². The van der Waals surface area contributed by atoms with Gasteiger partial charge in [-0.2, -0.15) is 9.97 Å². The zero-order valence-electron chi connectivity index (χ0n) is 30.8. The molecule has 0 fully saturated rings. The van der Waals surface area contributed by atoms with Crippen LogP contribution in [-0.4, -0.2) is 24.1 Å². The monoisotopic (exact) mass is 763 g/mol. The van der Waals surface area contributed by atoms with Gasteiger partial charge in [-0.25, -0.2) is 4.98 Å². The van der Waals surface area contributed by atoms with E-state index in [4.69, 9.17) is 21.0 Å². The molecule has 58 heavy (non-hydrogen) atoms. The Kier molecular flexibility index (Phi) is 7.18. The Morgan fingerprint density at radius 1 is 0.362 bits per heavy atom. The summed E-state index contributed by atoms with van der Waals surface area (Å²) in [7, 11) is 0. The molecule has 0 spiro atoms. The molecular weight excluding hydrogens is 734 g/mol. The molecule has 4 heterocycles. The van der Waals surface area contributed by atoms with Gasteiger partial charge in [0, 0.05) is 54.8 Å². The summed E-state index contributed by atoms with van der Waals surface area (Å²) in [5, 5.41) is 6.99. The van der Waals surface area contributed by atoms with Crippen molar-refractivity contribution in [3.05, 3.63) is 187 Å². The van der Waals surface area contributed by atoms with Gasteiger partial charge in [-0.1, -0.05) is 127 Å². The second kappa shape index (κ2) is 12.7. The Labute approximate surface area is 336 Å². The van der Waals surface area contributed by atoms with Crippen LogP contribution in [0.2, 0.25) is 5.28 Å². The van der Waals surface area contributed by atoms with Crippen molar-refractivity contribution in [1.29, 1.82) is 0 Å². The number of para-hydroxylation sites is 3. The Morgan fingerprint density at radius 3 is 1.59 bits per heavy atom. The lowest BCUT2D eigenvalue weighted by molar-refractivity contribution is 0.669. The molecule has 0 aliphatic heterocycles. The topological polar surface area (TPSA) is 61.7 Å². The van der Waals surface area contributed by atoms with Crippen LogP contribution in [0.15, 0.2) is 186 Å². The molecule has 0 N–H and O–H groups in total. The van der Waals surface area contributed by atoms with Gasteiger partial charge >= 0.3 is 0 Å². The number of rotatable bonds is 5. The molecule has 0 saturated carbocycles. The Morgan fingerprint density at radius 2 is 0.897 bits per heavy atom. The highest BCUT2D eigenvalue weighted by molar-refractivity contribution is 6.28. The normalized spacial score (nSPS) is 11.9. The van der Waals surface area contributed by atoms with E-state index >= 15 is 0 Å². The summed E-state index contributed by atoms with van der Waals surface area (Å²) >= 11 is 6.52. The summed E-state index contributed by atoms with van der Waals surface area (Å²) < 4.78 is 11.4. The number of halogens is 1. The van der Waals surface area contributed by atoms with Crippen LogP contribution in [0.4, 0.5) is 0 Å². The van der Waals surface area contributed by atoms with Crippen LogP contribution in [0, 0.1) is 0 Å². The second-order valence-electron chi connectivity index (χ2n) is 14.6. The number of hydrogen-bond donors (Lipinski definition) is 0. The molecule has 8 aromatic carbocycles. The molecule has 0 atom stereocenters. The second-order valence-corrected chi connectivity index (χ2v) is 14.9. The quantitative estimate of drug-likeness (QED) is 0.175. The van der Waals surface area contributed by atoms with E-state index < -0.39 is 0 Å². The molecule has 0 bridgehead atoms. The fourth-order valence-corrected chi connectivity index (χ4v) is 8.87. The Hall–Kier alpha value is -7.54. The van der Waals surface area contributed by atoms with Crippen molar-refractivity contribution in [2.24, 2.45) is 0 Å². The summed E-state index contributed by atoms with van der Waals surface area (Å²) in [5.41, 5.74) is 12.3. The van der Waals surface area contributed by atoms with E-state index in [0.717, 1.165) is 66.6 Å². The molecule has 0 unspecified atom stereocenters. The third-order valence-corrected chi connectivity index (χ3v) is 11.5. The fourth-order valence-electron chi connectivity index (χ4n) is 8.71. The molecule has 0 aliphatic carbocycles. The minimum Gasteiger partial charge on any atom is -0.456 e. The minimum absolute atomic E-state index is 0.132. The van der Waals surface area contributed by atoms with Gasteiger partial charge < -0.3 is 13.6 Å². The molecule has 0 amide bonds. The lowest BCUT2D eigenvalue weighted by atomic mass is 10.0. The van der Waals surface area contributed by atoms with E-state index in [2.05, 4.69) is 159 Å². The zero-order chi connectivity index (χ0) is 38.3. The number of nitrogens with zero attached hydrogens (tertiary/aromatic N) is 5. The summed E-state index contributed by atoms with van der Waals surface area (Å²) in [6.07, 6.45) is 0. The molecule has 0 saturated heterocycles. The summed E-state index contributed by atoms with van der Waals surface area (Å²) in [4.78, 5) is 13.9. The van der Waals surface area contributed by atoms with Crippen molar-refractivity contribution >= 4 is 77.2 Å². The number of aromatic nitrogens is 5. The molecule has 12 rings (SSSR count). The fraction of sp³-hybridized carbons (Fsp3) is 0. The highest BCUT2D eigenvalue weighted by atomic mass is 35.5. The predicted octanol–water partition coefficient (Wildman–Crippen LogP) is 13.6. The van der Waals surface area contributed by atoms with Crippen molar-refractivity contribution in [3.8, 4) is 45.3 Å². The van der Waals surface area contributed by atoms with E-state index in [1.807, 2.05) is 42.5 Å². The van der Waals surface area contributed by atoms with Gasteiger partial charge in [0.05, 0.1) is 22.1 Å². The van der Waals surface area contributed by atoms with Gasteiger partial charge in [0.2, 0.25) is 5.28 Å². The van der Waals surface area contributed by atoms with Crippen LogP contribution in [0.25, 0.3) is 111 Å². The van der Waals surface area contributed by atoms with Gasteiger partial charge in [-0.05, 0) is 77.3 Å². The van der Waals surface area contributed by atoms with Crippen molar-refractivity contribution in [2.45, 2.75) is 0 Å². The van der Waals surface area contributed by atoms with E-state index in [0.29, 0.717) is 11.6 Å². The summed E-state index contributed by atoms with van der Waals surface area (Å²) in [6.45, 7) is 0. The Balaban J connectivity index is 1.01. The number of furan rings is 1. The average Bonchev–Trinajstić information content (AvgIpc) is 3.94. The van der Waals surface area contributed by atoms with Crippen LogP contribution in [0.1, 0.15) is 0 Å². The first kappa shape index (κ1) is 32.7. The number of benzene rings is 8. The van der Waals surface area contributed by atoms with E-state index in [1.54, 1.807) is 0 Å². The molecular formula is C51H30ClN5O. The lowest BCUT2D eigenvalue weighted by Gasteiger charge is -2.12. The summed E-state index contributed by atoms with van der Waals surface area (Å²) in [5.74, 6) is 0.990. The van der Waals surface area contributed by atoms with E-state index in [-0.39, 0.29) is 5.28 Å². The van der Waals surface area contributed by atoms with Crippen LogP contribution >= 0.6 is 11.6 Å². The third-order valence-electron chi connectivity index (χ3n) is 11.3. The van der Waals surface area contributed by atoms with Gasteiger partial charge in [-0.15, -0.1) is 0 Å². The van der Waals surface area contributed by atoms with Crippen LogP contribution in [0.5, 0.6) is 0 Å². The molecule has 272 valence electrons. The Bertz CT molecular complexity index is 3570. The SMILES string of the molecule is Clc1nc(-c2ccc(-c3ccccc3)cc2)nc(-c2ccc3c(c2)oc2ccc(-n4c5ccccc5c5ccc6c7ccccc7n(-c7ccccc7)c6c54)cc23)n1. The lowest BCUT2D eigenvalue weighted by Crippen LogP contribution is -1.98. The van der Waals surface area contributed by atoms with E-state index in [1.165, 1.54) is 32.6 Å². The van der Waals surface area contributed by atoms with Crippen molar-refractivity contribution in [3.63, 3.8) is 0 Å². The third kappa shape index (κ3) is 5.02. The van der Waals surface area contributed by atoms with E-state index in [9.17, 15) is 0 Å². The van der Waals surface area contributed by atoms with Crippen molar-refractivity contribution in [2.75, 3.05) is 0 Å². The van der Waals surface area contributed by atoms with Crippen molar-refractivity contribution in [1.82, 2.24) is 24.1 Å². The highest BCUT2D eigenvalue weighted by Crippen LogP contribution is 2.42. The molecule has 12 aromatic rings. The first-order valence-corrected chi connectivity index (χ1v) is 19.6. The molecule has 6 nitrogen and oxygen atoms in total. The maximum absolute atomic E-state index is 6.53. The zero-order valence-corrected chi connectivity index (χ0v) is 31.6. The smallest absolute Gasteiger partial charge is 0.226 e. The van der Waals surface area contributed by atoms with Crippen LogP contribution in [-0.2, 0) is 0 Å². The highest BCUT2D eigenvalue weighted by Gasteiger charge is 2.22.